The van der Waals surface area contributed by atoms with Crippen molar-refractivity contribution in [1.82, 2.24) is 4.98 Å². The Morgan fingerprint density at radius 1 is 1.36 bits per heavy atom. The summed E-state index contributed by atoms with van der Waals surface area (Å²) in [6, 6.07) is 6.56. The van der Waals surface area contributed by atoms with Gasteiger partial charge in [0.2, 0.25) is 5.91 Å². The molecule has 1 aliphatic rings. The summed E-state index contributed by atoms with van der Waals surface area (Å²) in [4.78, 5) is 17.1. The fraction of sp³-hybridized carbons (Fsp3) is 0.294. The molecular formula is C17H18ClFN4O2. The van der Waals surface area contributed by atoms with Gasteiger partial charge in [-0.25, -0.2) is 9.37 Å². The number of rotatable bonds is 5. The zero-order valence-electron chi connectivity index (χ0n) is 13.5. The number of amides is 1. The molecule has 1 fully saturated rings. The maximum atomic E-state index is 14.4. The highest BCUT2D eigenvalue weighted by atomic mass is 35.5. The highest BCUT2D eigenvalue weighted by Crippen LogP contribution is 2.24. The Labute approximate surface area is 149 Å². The molecule has 1 aliphatic heterocycles. The molecule has 0 aliphatic carbocycles. The number of carbonyl (C=O) groups is 1. The molecule has 0 atom stereocenters. The van der Waals surface area contributed by atoms with Crippen LogP contribution < -0.4 is 16.0 Å². The SMILES string of the molecule is NC(=O)c1cnc(NCc2ccc(N3CCOCC3)c(F)c2)c(Cl)c1. The molecule has 8 heteroatoms. The van der Waals surface area contributed by atoms with Crippen molar-refractivity contribution >= 4 is 29.0 Å². The second-order valence-corrected chi connectivity index (χ2v) is 6.06. The molecule has 132 valence electrons. The number of morpholine rings is 1. The van der Waals surface area contributed by atoms with Gasteiger partial charge in [0.05, 0.1) is 29.5 Å². The minimum Gasteiger partial charge on any atom is -0.378 e. The van der Waals surface area contributed by atoms with E-state index in [2.05, 4.69) is 10.3 Å². The van der Waals surface area contributed by atoms with E-state index >= 15 is 0 Å². The fourth-order valence-corrected chi connectivity index (χ4v) is 2.84. The van der Waals surface area contributed by atoms with Crippen LogP contribution in [0.4, 0.5) is 15.9 Å². The Kier molecular flexibility index (Phi) is 5.35. The van der Waals surface area contributed by atoms with Crippen LogP contribution >= 0.6 is 11.6 Å². The molecule has 1 amide bonds. The highest BCUT2D eigenvalue weighted by molar-refractivity contribution is 6.33. The predicted molar refractivity (Wildman–Crippen MR) is 94.5 cm³/mol. The monoisotopic (exact) mass is 364 g/mol. The number of halogens is 2. The lowest BCUT2D eigenvalue weighted by atomic mass is 10.1. The molecule has 6 nitrogen and oxygen atoms in total. The molecule has 0 radical (unpaired) electrons. The number of nitrogens with zero attached hydrogens (tertiary/aromatic N) is 2. The van der Waals surface area contributed by atoms with Gasteiger partial charge >= 0.3 is 0 Å². The Bertz CT molecular complexity index is 781. The van der Waals surface area contributed by atoms with E-state index in [0.29, 0.717) is 44.4 Å². The average molecular weight is 365 g/mol. The number of pyridine rings is 1. The second-order valence-electron chi connectivity index (χ2n) is 5.66. The van der Waals surface area contributed by atoms with Crippen LogP contribution in [0.2, 0.25) is 5.02 Å². The summed E-state index contributed by atoms with van der Waals surface area (Å²) in [5, 5.41) is 3.31. The number of hydrogen-bond acceptors (Lipinski definition) is 5. The van der Waals surface area contributed by atoms with Crippen LogP contribution in [-0.4, -0.2) is 37.2 Å². The number of primary amides is 1. The Morgan fingerprint density at radius 3 is 2.76 bits per heavy atom. The van der Waals surface area contributed by atoms with E-state index in [9.17, 15) is 9.18 Å². The first-order valence-electron chi connectivity index (χ1n) is 7.85. The van der Waals surface area contributed by atoms with Gasteiger partial charge in [-0.05, 0) is 23.8 Å². The predicted octanol–water partition coefficient (Wildman–Crippen LogP) is 2.42. The number of nitrogens with one attached hydrogen (secondary N) is 1. The zero-order valence-corrected chi connectivity index (χ0v) is 14.2. The topological polar surface area (TPSA) is 80.5 Å². The number of carbonyl (C=O) groups excluding carboxylic acids is 1. The zero-order chi connectivity index (χ0) is 17.8. The van der Waals surface area contributed by atoms with E-state index in [0.717, 1.165) is 5.56 Å². The van der Waals surface area contributed by atoms with Crippen LogP contribution in [0.25, 0.3) is 0 Å². The van der Waals surface area contributed by atoms with Gasteiger partial charge in [-0.15, -0.1) is 0 Å². The van der Waals surface area contributed by atoms with Gasteiger partial charge in [0, 0.05) is 25.8 Å². The van der Waals surface area contributed by atoms with Crippen LogP contribution in [0.1, 0.15) is 15.9 Å². The summed E-state index contributed by atoms with van der Waals surface area (Å²) in [7, 11) is 0. The van der Waals surface area contributed by atoms with Gasteiger partial charge in [-0.1, -0.05) is 17.7 Å². The lowest BCUT2D eigenvalue weighted by Gasteiger charge is -2.29. The van der Waals surface area contributed by atoms with E-state index in [4.69, 9.17) is 22.1 Å². The number of anilines is 2. The maximum absolute atomic E-state index is 14.4. The minimum absolute atomic E-state index is 0.233. The summed E-state index contributed by atoms with van der Waals surface area (Å²) >= 11 is 6.07. The van der Waals surface area contributed by atoms with Crippen molar-refractivity contribution in [2.24, 2.45) is 5.73 Å². The fourth-order valence-electron chi connectivity index (χ4n) is 2.61. The van der Waals surface area contributed by atoms with Crippen LogP contribution in [0.3, 0.4) is 0 Å². The first kappa shape index (κ1) is 17.4. The van der Waals surface area contributed by atoms with Crippen LogP contribution in [0.15, 0.2) is 30.5 Å². The third-order valence-corrected chi connectivity index (χ3v) is 4.24. The van der Waals surface area contributed by atoms with Crippen LogP contribution in [-0.2, 0) is 11.3 Å². The van der Waals surface area contributed by atoms with E-state index in [1.807, 2.05) is 11.0 Å². The van der Waals surface area contributed by atoms with Gasteiger partial charge in [-0.2, -0.15) is 0 Å². The van der Waals surface area contributed by atoms with Gasteiger partial charge < -0.3 is 20.7 Å². The summed E-state index contributed by atoms with van der Waals surface area (Å²) in [5.41, 5.74) is 6.75. The third kappa shape index (κ3) is 4.18. The van der Waals surface area contributed by atoms with E-state index in [1.54, 1.807) is 6.07 Å². The number of nitrogens with two attached hydrogens (primary N) is 1. The summed E-state index contributed by atoms with van der Waals surface area (Å²) in [5.74, 6) is -0.463. The molecule has 0 bridgehead atoms. The maximum Gasteiger partial charge on any atom is 0.250 e. The number of benzene rings is 1. The largest absolute Gasteiger partial charge is 0.378 e. The smallest absolute Gasteiger partial charge is 0.250 e. The first-order chi connectivity index (χ1) is 12.0. The van der Waals surface area contributed by atoms with Gasteiger partial charge in [0.1, 0.15) is 11.6 Å². The Morgan fingerprint density at radius 2 is 2.12 bits per heavy atom. The van der Waals surface area contributed by atoms with Crippen molar-refractivity contribution in [1.29, 1.82) is 0 Å². The standard InChI is InChI=1S/C17H18ClFN4O2/c18-13-8-12(16(20)24)10-22-17(13)21-9-11-1-2-15(14(19)7-11)23-3-5-25-6-4-23/h1-2,7-8,10H,3-6,9H2,(H2,20,24)(H,21,22). The van der Waals surface area contributed by atoms with E-state index < -0.39 is 5.91 Å². The summed E-state index contributed by atoms with van der Waals surface area (Å²) in [6.45, 7) is 2.92. The Hall–Kier alpha value is -2.38. The van der Waals surface area contributed by atoms with Crippen molar-refractivity contribution < 1.29 is 13.9 Å². The summed E-state index contributed by atoms with van der Waals surface area (Å²) < 4.78 is 19.7. The molecule has 3 rings (SSSR count). The molecule has 2 heterocycles. The van der Waals surface area contributed by atoms with Crippen molar-refractivity contribution in [3.05, 3.63) is 52.4 Å². The molecular weight excluding hydrogens is 347 g/mol. The van der Waals surface area contributed by atoms with E-state index in [1.165, 1.54) is 18.3 Å². The molecule has 0 unspecified atom stereocenters. The normalized spacial score (nSPS) is 14.4. The van der Waals surface area contributed by atoms with Gasteiger partial charge in [0.15, 0.2) is 0 Å². The first-order valence-corrected chi connectivity index (χ1v) is 8.23. The average Bonchev–Trinajstić information content (AvgIpc) is 2.61. The summed E-state index contributed by atoms with van der Waals surface area (Å²) in [6.07, 6.45) is 1.35. The van der Waals surface area contributed by atoms with Crippen molar-refractivity contribution in [2.75, 3.05) is 36.5 Å². The molecule has 1 saturated heterocycles. The molecule has 25 heavy (non-hydrogen) atoms. The van der Waals surface area contributed by atoms with Crippen molar-refractivity contribution in [2.45, 2.75) is 6.54 Å². The number of hydrogen-bond donors (Lipinski definition) is 2. The van der Waals surface area contributed by atoms with Crippen LogP contribution in [0.5, 0.6) is 0 Å². The molecule has 0 spiro atoms. The lowest BCUT2D eigenvalue weighted by Crippen LogP contribution is -2.36. The van der Waals surface area contributed by atoms with Gasteiger partial charge in [-0.3, -0.25) is 4.79 Å². The minimum atomic E-state index is -0.596. The van der Waals surface area contributed by atoms with Crippen molar-refractivity contribution in [3.8, 4) is 0 Å². The number of aromatic nitrogens is 1. The quantitative estimate of drug-likeness (QED) is 0.851. The number of ether oxygens (including phenoxy) is 1. The van der Waals surface area contributed by atoms with Crippen molar-refractivity contribution in [3.63, 3.8) is 0 Å². The lowest BCUT2D eigenvalue weighted by molar-refractivity contribution is 0.1000. The molecule has 1 aromatic carbocycles. The van der Waals surface area contributed by atoms with E-state index in [-0.39, 0.29) is 16.4 Å². The molecule has 1 aromatic heterocycles. The van der Waals surface area contributed by atoms with Crippen LogP contribution in [0, 0.1) is 5.82 Å². The van der Waals surface area contributed by atoms with Gasteiger partial charge in [0.25, 0.3) is 0 Å². The molecule has 2 aromatic rings. The molecule has 0 saturated carbocycles. The second kappa shape index (κ2) is 7.67. The Balaban J connectivity index is 1.67. The molecule has 3 N–H and O–H groups in total. The highest BCUT2D eigenvalue weighted by Gasteiger charge is 2.15. The third-order valence-electron chi connectivity index (χ3n) is 3.95.